The van der Waals surface area contributed by atoms with E-state index >= 15 is 0 Å². The Labute approximate surface area is 105 Å². The van der Waals surface area contributed by atoms with Crippen molar-refractivity contribution in [2.24, 2.45) is 17.3 Å². The lowest BCUT2D eigenvalue weighted by Gasteiger charge is -2.40. The summed E-state index contributed by atoms with van der Waals surface area (Å²) in [6.45, 7) is 10.6. The number of nitrogens with zero attached hydrogens (tertiary/aromatic N) is 1. The monoisotopic (exact) mass is 238 g/mol. The quantitative estimate of drug-likeness (QED) is 0.796. The molecule has 1 N–H and O–H groups in total. The zero-order valence-corrected chi connectivity index (χ0v) is 11.5. The molecule has 2 atom stereocenters. The highest BCUT2D eigenvalue weighted by molar-refractivity contribution is 5.79. The molecule has 0 spiro atoms. The fraction of sp³-hybridized carbons (Fsp3) is 0.929. The fourth-order valence-corrected chi connectivity index (χ4v) is 3.00. The Kier molecular flexibility index (Phi) is 3.76. The van der Waals surface area contributed by atoms with Crippen LogP contribution in [0.1, 0.15) is 40.0 Å². The number of rotatable bonds is 2. The summed E-state index contributed by atoms with van der Waals surface area (Å²) in [4.78, 5) is 14.5. The molecule has 0 aromatic heterocycles. The summed E-state index contributed by atoms with van der Waals surface area (Å²) in [7, 11) is 0. The van der Waals surface area contributed by atoms with Crippen molar-refractivity contribution in [1.82, 2.24) is 10.2 Å². The van der Waals surface area contributed by atoms with Crippen LogP contribution in [0.3, 0.4) is 0 Å². The molecule has 0 aliphatic carbocycles. The Morgan fingerprint density at radius 2 is 2.00 bits per heavy atom. The Morgan fingerprint density at radius 1 is 1.35 bits per heavy atom. The molecule has 2 saturated heterocycles. The first-order valence-corrected chi connectivity index (χ1v) is 7.05. The van der Waals surface area contributed by atoms with E-state index in [0.29, 0.717) is 17.2 Å². The van der Waals surface area contributed by atoms with E-state index in [9.17, 15) is 4.79 Å². The summed E-state index contributed by atoms with van der Waals surface area (Å²) < 4.78 is 0. The molecule has 1 amide bonds. The van der Waals surface area contributed by atoms with Gasteiger partial charge in [-0.25, -0.2) is 0 Å². The first kappa shape index (κ1) is 12.9. The third-order valence-electron chi connectivity index (χ3n) is 4.97. The van der Waals surface area contributed by atoms with Gasteiger partial charge in [-0.2, -0.15) is 0 Å². The average molecular weight is 238 g/mol. The van der Waals surface area contributed by atoms with Crippen LogP contribution in [0.25, 0.3) is 0 Å². The highest BCUT2D eigenvalue weighted by Crippen LogP contribution is 2.34. The summed E-state index contributed by atoms with van der Waals surface area (Å²) >= 11 is 0. The van der Waals surface area contributed by atoms with Crippen molar-refractivity contribution in [1.29, 1.82) is 0 Å². The maximum Gasteiger partial charge on any atom is 0.227 e. The molecule has 17 heavy (non-hydrogen) atoms. The number of hydrogen-bond acceptors (Lipinski definition) is 2. The second-order valence-corrected chi connectivity index (χ2v) is 6.23. The van der Waals surface area contributed by atoms with Gasteiger partial charge in [0.05, 0.1) is 5.92 Å². The molecule has 2 aliphatic rings. The number of carbonyl (C=O) groups excluding carboxylic acids is 1. The Bertz CT molecular complexity index is 282. The minimum absolute atomic E-state index is 0.223. The van der Waals surface area contributed by atoms with E-state index in [2.05, 4.69) is 31.0 Å². The third-order valence-corrected chi connectivity index (χ3v) is 4.97. The van der Waals surface area contributed by atoms with E-state index in [0.717, 1.165) is 26.2 Å². The van der Waals surface area contributed by atoms with Gasteiger partial charge in [0.2, 0.25) is 5.91 Å². The van der Waals surface area contributed by atoms with E-state index in [4.69, 9.17) is 0 Å². The molecule has 0 bridgehead atoms. The topological polar surface area (TPSA) is 32.3 Å². The van der Waals surface area contributed by atoms with Crippen LogP contribution in [-0.4, -0.2) is 37.0 Å². The third kappa shape index (κ3) is 2.65. The molecule has 3 heteroatoms. The first-order valence-electron chi connectivity index (χ1n) is 7.05. The Hall–Kier alpha value is -0.570. The second kappa shape index (κ2) is 4.97. The number of amides is 1. The van der Waals surface area contributed by atoms with E-state index in [-0.39, 0.29) is 5.92 Å². The summed E-state index contributed by atoms with van der Waals surface area (Å²) in [6, 6.07) is 0. The number of hydrogen-bond donors (Lipinski definition) is 1. The van der Waals surface area contributed by atoms with Gasteiger partial charge in [-0.05, 0) is 30.7 Å². The maximum atomic E-state index is 12.4. The van der Waals surface area contributed by atoms with Crippen molar-refractivity contribution in [3.63, 3.8) is 0 Å². The van der Waals surface area contributed by atoms with Gasteiger partial charge in [0.1, 0.15) is 0 Å². The largest absolute Gasteiger partial charge is 0.342 e. The number of carbonyl (C=O) groups is 1. The van der Waals surface area contributed by atoms with Crippen molar-refractivity contribution in [2.45, 2.75) is 40.0 Å². The Balaban J connectivity index is 1.90. The van der Waals surface area contributed by atoms with Crippen LogP contribution < -0.4 is 5.32 Å². The van der Waals surface area contributed by atoms with Gasteiger partial charge in [0, 0.05) is 19.6 Å². The van der Waals surface area contributed by atoms with Gasteiger partial charge in [0.25, 0.3) is 0 Å². The van der Waals surface area contributed by atoms with Gasteiger partial charge in [0.15, 0.2) is 0 Å². The van der Waals surface area contributed by atoms with Crippen LogP contribution in [0.2, 0.25) is 0 Å². The van der Waals surface area contributed by atoms with Crippen LogP contribution in [-0.2, 0) is 4.79 Å². The molecule has 2 heterocycles. The standard InChI is InChI=1S/C14H26N2O/c1-4-14(3)5-7-16(8-6-14)13(17)12-10-15-9-11(12)2/h11-12,15H,4-10H2,1-3H3. The molecule has 2 rings (SSSR count). The van der Waals surface area contributed by atoms with Crippen LogP contribution in [0.5, 0.6) is 0 Å². The van der Waals surface area contributed by atoms with Gasteiger partial charge in [-0.1, -0.05) is 27.2 Å². The van der Waals surface area contributed by atoms with E-state index in [1.54, 1.807) is 0 Å². The highest BCUT2D eigenvalue weighted by Gasteiger charge is 2.36. The lowest BCUT2D eigenvalue weighted by molar-refractivity contribution is -0.138. The molecule has 2 aliphatic heterocycles. The minimum atomic E-state index is 0.223. The molecule has 2 unspecified atom stereocenters. The summed E-state index contributed by atoms with van der Waals surface area (Å²) in [5.74, 6) is 1.11. The van der Waals surface area contributed by atoms with Crippen LogP contribution in [0.4, 0.5) is 0 Å². The van der Waals surface area contributed by atoms with Crippen molar-refractivity contribution < 1.29 is 4.79 Å². The molecule has 0 radical (unpaired) electrons. The SMILES string of the molecule is CCC1(C)CCN(C(=O)C2CNCC2C)CC1. The first-order chi connectivity index (χ1) is 8.06. The summed E-state index contributed by atoms with van der Waals surface area (Å²) in [5.41, 5.74) is 0.469. The van der Waals surface area contributed by atoms with Crippen LogP contribution >= 0.6 is 0 Å². The van der Waals surface area contributed by atoms with Crippen molar-refractivity contribution in [3.05, 3.63) is 0 Å². The number of likely N-dealkylation sites (tertiary alicyclic amines) is 1. The fourth-order valence-electron chi connectivity index (χ4n) is 3.00. The molecule has 0 saturated carbocycles. The predicted molar refractivity (Wildman–Crippen MR) is 69.7 cm³/mol. The molecule has 98 valence electrons. The second-order valence-electron chi connectivity index (χ2n) is 6.23. The molecule has 2 fully saturated rings. The lowest BCUT2D eigenvalue weighted by atomic mass is 9.78. The van der Waals surface area contributed by atoms with E-state index < -0.39 is 0 Å². The number of nitrogens with one attached hydrogen (secondary N) is 1. The maximum absolute atomic E-state index is 12.4. The van der Waals surface area contributed by atoms with E-state index in [1.807, 2.05) is 0 Å². The number of piperidine rings is 1. The lowest BCUT2D eigenvalue weighted by Crippen LogP contribution is -2.45. The van der Waals surface area contributed by atoms with Gasteiger partial charge < -0.3 is 10.2 Å². The zero-order valence-electron chi connectivity index (χ0n) is 11.5. The zero-order chi connectivity index (χ0) is 12.5. The smallest absolute Gasteiger partial charge is 0.227 e. The summed E-state index contributed by atoms with van der Waals surface area (Å²) in [6.07, 6.45) is 3.57. The van der Waals surface area contributed by atoms with Gasteiger partial charge >= 0.3 is 0 Å². The predicted octanol–water partition coefficient (Wildman–Crippen LogP) is 1.88. The van der Waals surface area contributed by atoms with Crippen molar-refractivity contribution >= 4 is 5.91 Å². The normalized spacial score (nSPS) is 32.8. The average Bonchev–Trinajstić information content (AvgIpc) is 2.76. The Morgan fingerprint density at radius 3 is 2.47 bits per heavy atom. The van der Waals surface area contributed by atoms with Gasteiger partial charge in [-0.15, -0.1) is 0 Å². The molecule has 0 aromatic rings. The van der Waals surface area contributed by atoms with Crippen molar-refractivity contribution in [2.75, 3.05) is 26.2 Å². The van der Waals surface area contributed by atoms with E-state index in [1.165, 1.54) is 19.3 Å². The highest BCUT2D eigenvalue weighted by atomic mass is 16.2. The summed E-state index contributed by atoms with van der Waals surface area (Å²) in [5, 5.41) is 3.32. The molecular formula is C14H26N2O. The van der Waals surface area contributed by atoms with Crippen LogP contribution in [0, 0.1) is 17.3 Å². The van der Waals surface area contributed by atoms with Crippen LogP contribution in [0.15, 0.2) is 0 Å². The minimum Gasteiger partial charge on any atom is -0.342 e. The van der Waals surface area contributed by atoms with Gasteiger partial charge in [-0.3, -0.25) is 4.79 Å². The van der Waals surface area contributed by atoms with Crippen molar-refractivity contribution in [3.8, 4) is 0 Å². The molecule has 3 nitrogen and oxygen atoms in total. The molecule has 0 aromatic carbocycles. The molecular weight excluding hydrogens is 212 g/mol.